The highest BCUT2D eigenvalue weighted by Gasteiger charge is 2.23. The minimum absolute atomic E-state index is 0.0729. The second kappa shape index (κ2) is 8.69. The lowest BCUT2D eigenvalue weighted by Gasteiger charge is -2.35. The van der Waals surface area contributed by atoms with Crippen molar-refractivity contribution in [3.05, 3.63) is 66.6 Å². The molecule has 1 N–H and O–H groups in total. The number of nitrogens with one attached hydrogen (secondary N) is 1. The van der Waals surface area contributed by atoms with Crippen LogP contribution >= 0.6 is 0 Å². The van der Waals surface area contributed by atoms with Crippen molar-refractivity contribution in [3.63, 3.8) is 0 Å². The molecule has 0 bridgehead atoms. The number of piperazine rings is 1. The standard InChI is InChI=1S/C22H22N6O2/c1-16(29)26-20-13-18(7-8-23-20)22(30)28-11-9-27(10-12-28)21-14-19(24-15-25-21)17-5-3-2-4-6-17/h2-8,13-15H,9-12H2,1H3,(H,23,26,29). The Morgan fingerprint density at radius 3 is 2.43 bits per heavy atom. The number of benzene rings is 1. The molecular weight excluding hydrogens is 380 g/mol. The first-order chi connectivity index (χ1) is 14.6. The van der Waals surface area contributed by atoms with E-state index in [1.807, 2.05) is 41.3 Å². The summed E-state index contributed by atoms with van der Waals surface area (Å²) in [7, 11) is 0. The van der Waals surface area contributed by atoms with Crippen molar-refractivity contribution >= 4 is 23.5 Å². The predicted octanol–water partition coefficient (Wildman–Crippen LogP) is 2.46. The number of anilines is 2. The molecule has 3 heterocycles. The summed E-state index contributed by atoms with van der Waals surface area (Å²) in [6.45, 7) is 3.94. The summed E-state index contributed by atoms with van der Waals surface area (Å²) in [6, 6.07) is 15.2. The molecule has 0 saturated carbocycles. The van der Waals surface area contributed by atoms with E-state index >= 15 is 0 Å². The molecule has 30 heavy (non-hydrogen) atoms. The maximum Gasteiger partial charge on any atom is 0.254 e. The van der Waals surface area contributed by atoms with Crippen molar-refractivity contribution in [3.8, 4) is 11.3 Å². The van der Waals surface area contributed by atoms with E-state index in [2.05, 4.69) is 25.2 Å². The molecule has 4 rings (SSSR count). The lowest BCUT2D eigenvalue weighted by molar-refractivity contribution is -0.114. The number of carbonyl (C=O) groups excluding carboxylic acids is 2. The molecule has 2 aromatic heterocycles. The Hall–Kier alpha value is -3.81. The summed E-state index contributed by atoms with van der Waals surface area (Å²) >= 11 is 0. The largest absolute Gasteiger partial charge is 0.353 e. The molecule has 2 amide bonds. The number of hydrogen-bond acceptors (Lipinski definition) is 6. The summed E-state index contributed by atoms with van der Waals surface area (Å²) in [5.74, 6) is 0.936. The van der Waals surface area contributed by atoms with Crippen molar-refractivity contribution in [1.29, 1.82) is 0 Å². The Balaban J connectivity index is 1.42. The highest BCUT2D eigenvalue weighted by atomic mass is 16.2. The van der Waals surface area contributed by atoms with Crippen molar-refractivity contribution in [2.45, 2.75) is 6.92 Å². The summed E-state index contributed by atoms with van der Waals surface area (Å²) in [6.07, 6.45) is 3.11. The fourth-order valence-electron chi connectivity index (χ4n) is 3.42. The van der Waals surface area contributed by atoms with Crippen LogP contribution in [0.3, 0.4) is 0 Å². The average molecular weight is 402 g/mol. The van der Waals surface area contributed by atoms with Gasteiger partial charge in [0.15, 0.2) is 0 Å². The van der Waals surface area contributed by atoms with Gasteiger partial charge in [0.2, 0.25) is 5.91 Å². The van der Waals surface area contributed by atoms with E-state index in [0.717, 1.165) is 17.1 Å². The SMILES string of the molecule is CC(=O)Nc1cc(C(=O)N2CCN(c3cc(-c4ccccc4)ncn3)CC2)ccn1. The van der Waals surface area contributed by atoms with Gasteiger partial charge in [0.25, 0.3) is 5.91 Å². The van der Waals surface area contributed by atoms with Crippen LogP contribution in [0.2, 0.25) is 0 Å². The molecule has 0 atom stereocenters. The van der Waals surface area contributed by atoms with Crippen LogP contribution in [0, 0.1) is 0 Å². The van der Waals surface area contributed by atoms with Crippen molar-refractivity contribution in [1.82, 2.24) is 19.9 Å². The monoisotopic (exact) mass is 402 g/mol. The van der Waals surface area contributed by atoms with Gasteiger partial charge in [0.1, 0.15) is 18.0 Å². The van der Waals surface area contributed by atoms with Gasteiger partial charge < -0.3 is 15.1 Å². The summed E-state index contributed by atoms with van der Waals surface area (Å²) in [5, 5.41) is 2.61. The molecule has 1 fully saturated rings. The smallest absolute Gasteiger partial charge is 0.254 e. The minimum Gasteiger partial charge on any atom is -0.353 e. The molecule has 0 spiro atoms. The Morgan fingerprint density at radius 2 is 1.70 bits per heavy atom. The van der Waals surface area contributed by atoms with Gasteiger partial charge in [-0.25, -0.2) is 15.0 Å². The number of nitrogens with zero attached hydrogens (tertiary/aromatic N) is 5. The van der Waals surface area contributed by atoms with Crippen LogP contribution in [-0.2, 0) is 4.79 Å². The molecular formula is C22H22N6O2. The van der Waals surface area contributed by atoms with Gasteiger partial charge >= 0.3 is 0 Å². The first-order valence-corrected chi connectivity index (χ1v) is 9.75. The van der Waals surface area contributed by atoms with E-state index in [0.29, 0.717) is 37.6 Å². The van der Waals surface area contributed by atoms with Crippen LogP contribution in [0.4, 0.5) is 11.6 Å². The van der Waals surface area contributed by atoms with Gasteiger partial charge in [0.05, 0.1) is 5.69 Å². The maximum absolute atomic E-state index is 12.9. The van der Waals surface area contributed by atoms with Crippen LogP contribution in [0.5, 0.6) is 0 Å². The highest BCUT2D eigenvalue weighted by Crippen LogP contribution is 2.22. The number of aromatic nitrogens is 3. The molecule has 1 aromatic carbocycles. The van der Waals surface area contributed by atoms with Crippen LogP contribution < -0.4 is 10.2 Å². The number of hydrogen-bond donors (Lipinski definition) is 1. The molecule has 3 aromatic rings. The van der Waals surface area contributed by atoms with E-state index in [1.165, 1.54) is 13.1 Å². The van der Waals surface area contributed by atoms with Crippen LogP contribution in [-0.4, -0.2) is 57.8 Å². The van der Waals surface area contributed by atoms with Gasteiger partial charge in [0, 0.05) is 56.5 Å². The van der Waals surface area contributed by atoms with Crippen molar-refractivity contribution in [2.24, 2.45) is 0 Å². The molecule has 8 nitrogen and oxygen atoms in total. The van der Waals surface area contributed by atoms with E-state index in [4.69, 9.17) is 0 Å². The highest BCUT2D eigenvalue weighted by molar-refractivity contribution is 5.96. The third-order valence-corrected chi connectivity index (χ3v) is 4.92. The van der Waals surface area contributed by atoms with Gasteiger partial charge in [-0.1, -0.05) is 30.3 Å². The second-order valence-corrected chi connectivity index (χ2v) is 7.02. The van der Waals surface area contributed by atoms with E-state index in [9.17, 15) is 9.59 Å². The number of pyridine rings is 1. The molecule has 0 aliphatic carbocycles. The molecule has 0 unspecified atom stereocenters. The number of carbonyl (C=O) groups is 2. The van der Waals surface area contributed by atoms with Crippen LogP contribution in [0.15, 0.2) is 61.1 Å². The second-order valence-electron chi connectivity index (χ2n) is 7.02. The van der Waals surface area contributed by atoms with Crippen LogP contribution in [0.1, 0.15) is 17.3 Å². The van der Waals surface area contributed by atoms with Gasteiger partial charge in [-0.2, -0.15) is 0 Å². The Morgan fingerprint density at radius 1 is 0.933 bits per heavy atom. The first kappa shape index (κ1) is 19.5. The third kappa shape index (κ3) is 4.43. The fraction of sp³-hybridized carbons (Fsp3) is 0.227. The zero-order valence-electron chi connectivity index (χ0n) is 16.7. The molecule has 1 aliphatic heterocycles. The first-order valence-electron chi connectivity index (χ1n) is 9.75. The number of rotatable bonds is 4. The Kier molecular flexibility index (Phi) is 5.65. The maximum atomic E-state index is 12.9. The summed E-state index contributed by atoms with van der Waals surface area (Å²) in [5.41, 5.74) is 2.43. The molecule has 152 valence electrons. The fourth-order valence-corrected chi connectivity index (χ4v) is 3.42. The summed E-state index contributed by atoms with van der Waals surface area (Å²) < 4.78 is 0. The van der Waals surface area contributed by atoms with Gasteiger partial charge in [-0.05, 0) is 12.1 Å². The lowest BCUT2D eigenvalue weighted by atomic mass is 10.1. The third-order valence-electron chi connectivity index (χ3n) is 4.92. The lowest BCUT2D eigenvalue weighted by Crippen LogP contribution is -2.49. The quantitative estimate of drug-likeness (QED) is 0.721. The van der Waals surface area contributed by atoms with Gasteiger partial charge in [-0.3, -0.25) is 9.59 Å². The normalized spacial score (nSPS) is 13.8. The molecule has 1 aliphatic rings. The molecule has 0 radical (unpaired) electrons. The van der Waals surface area contributed by atoms with Gasteiger partial charge in [-0.15, -0.1) is 0 Å². The molecule has 8 heteroatoms. The zero-order chi connectivity index (χ0) is 20.9. The zero-order valence-corrected chi connectivity index (χ0v) is 16.7. The minimum atomic E-state index is -0.222. The Bertz CT molecular complexity index is 1050. The topological polar surface area (TPSA) is 91.3 Å². The summed E-state index contributed by atoms with van der Waals surface area (Å²) in [4.78, 5) is 40.9. The van der Waals surface area contributed by atoms with Crippen LogP contribution in [0.25, 0.3) is 11.3 Å². The Labute approximate surface area is 174 Å². The molecule has 1 saturated heterocycles. The van der Waals surface area contributed by atoms with E-state index < -0.39 is 0 Å². The van der Waals surface area contributed by atoms with Crippen molar-refractivity contribution < 1.29 is 9.59 Å². The number of amides is 2. The van der Waals surface area contributed by atoms with E-state index in [1.54, 1.807) is 18.5 Å². The van der Waals surface area contributed by atoms with E-state index in [-0.39, 0.29) is 11.8 Å². The van der Waals surface area contributed by atoms with Crippen molar-refractivity contribution in [2.75, 3.05) is 36.4 Å². The average Bonchev–Trinajstić information content (AvgIpc) is 2.79. The predicted molar refractivity (Wildman–Crippen MR) is 114 cm³/mol.